The van der Waals surface area contributed by atoms with Crippen molar-refractivity contribution in [3.05, 3.63) is 81.4 Å². The van der Waals surface area contributed by atoms with Crippen LogP contribution in [0, 0.1) is 13.8 Å². The molecule has 4 aromatic heterocycles. The van der Waals surface area contributed by atoms with Gasteiger partial charge >= 0.3 is 0 Å². The van der Waals surface area contributed by atoms with Gasteiger partial charge < -0.3 is 36.6 Å². The summed E-state index contributed by atoms with van der Waals surface area (Å²) in [5, 5.41) is 17.4. The van der Waals surface area contributed by atoms with Crippen LogP contribution in [0.25, 0.3) is 22.1 Å². The third-order valence-electron chi connectivity index (χ3n) is 10.1. The largest absolute Gasteiger partial charge is 0.491 e. The Labute approximate surface area is 358 Å². The maximum absolute atomic E-state index is 13.9. The predicted molar refractivity (Wildman–Crippen MR) is 229 cm³/mol. The zero-order valence-electron chi connectivity index (χ0n) is 34.3. The number of carbonyl (C=O) groups is 5. The Balaban J connectivity index is 1.29. The van der Waals surface area contributed by atoms with Crippen LogP contribution in [0.5, 0.6) is 11.5 Å². The second-order valence-corrected chi connectivity index (χ2v) is 14.7. The van der Waals surface area contributed by atoms with E-state index in [1.54, 1.807) is 33.7 Å². The van der Waals surface area contributed by atoms with Gasteiger partial charge in [0.2, 0.25) is 29.6 Å². The fourth-order valence-corrected chi connectivity index (χ4v) is 7.40. The number of hydrogen-bond acceptors (Lipinski definition) is 12. The molecule has 9 N–H and O–H groups in total. The summed E-state index contributed by atoms with van der Waals surface area (Å²) in [7, 11) is 0. The fourth-order valence-electron chi connectivity index (χ4n) is 7.18. The molecule has 22 heteroatoms. The highest BCUT2D eigenvalue weighted by molar-refractivity contribution is 6.34. The van der Waals surface area contributed by atoms with Crippen molar-refractivity contribution in [1.82, 2.24) is 44.0 Å². The minimum Gasteiger partial charge on any atom is -0.491 e. The SMILES string of the molecule is CCn1nc(C)cc1C(=O)Nc1nc2cc(C(N)=O)cc3c2n1[C@@H](/C=C/Cn1c(NC(=O)c2c(Cl)c(C)nn2CC)nc2cc(C(N)=O)cc(OCCCNC(=O)CN)c21)CO3. The first-order valence-corrected chi connectivity index (χ1v) is 20.1. The number of benzene rings is 2. The van der Waals surface area contributed by atoms with Crippen LogP contribution in [0.15, 0.2) is 42.5 Å². The molecule has 6 aromatic rings. The van der Waals surface area contributed by atoms with E-state index in [-0.39, 0.29) is 83.8 Å². The number of fused-ring (bicyclic) bond motifs is 1. The van der Waals surface area contributed by atoms with Gasteiger partial charge in [0.1, 0.15) is 40.5 Å². The zero-order chi connectivity index (χ0) is 44.4. The Kier molecular flexibility index (Phi) is 12.3. The van der Waals surface area contributed by atoms with E-state index < -0.39 is 29.7 Å². The molecular weight excluding hydrogens is 824 g/mol. The Hall–Kier alpha value is -7.26. The van der Waals surface area contributed by atoms with Gasteiger partial charge in [-0.2, -0.15) is 10.2 Å². The summed E-state index contributed by atoms with van der Waals surface area (Å²) in [6.45, 7) is 8.40. The van der Waals surface area contributed by atoms with E-state index in [2.05, 4.69) is 26.1 Å². The number of nitrogens with zero attached hydrogens (tertiary/aromatic N) is 8. The van der Waals surface area contributed by atoms with Crippen molar-refractivity contribution < 1.29 is 33.4 Å². The number of nitrogens with two attached hydrogens (primary N) is 3. The van der Waals surface area contributed by atoms with Crippen LogP contribution in [0.4, 0.5) is 11.9 Å². The van der Waals surface area contributed by atoms with Gasteiger partial charge in [-0.15, -0.1) is 0 Å². The topological polar surface area (TPSA) is 289 Å². The number of aryl methyl sites for hydroxylation is 4. The second-order valence-electron chi connectivity index (χ2n) is 14.3. The van der Waals surface area contributed by atoms with Crippen molar-refractivity contribution in [3.63, 3.8) is 0 Å². The number of imidazole rings is 2. The lowest BCUT2D eigenvalue weighted by atomic mass is 10.1. The van der Waals surface area contributed by atoms with E-state index in [0.29, 0.717) is 58.9 Å². The number of ether oxygens (including phenoxy) is 2. The van der Waals surface area contributed by atoms with Gasteiger partial charge in [-0.25, -0.2) is 9.97 Å². The number of aromatic nitrogens is 8. The molecular formula is C40H45ClN14O7. The second kappa shape index (κ2) is 17.8. The van der Waals surface area contributed by atoms with E-state index in [4.69, 9.17) is 48.2 Å². The molecule has 0 radical (unpaired) electrons. The highest BCUT2D eigenvalue weighted by Crippen LogP contribution is 2.38. The lowest BCUT2D eigenvalue weighted by molar-refractivity contribution is -0.119. The lowest BCUT2D eigenvalue weighted by Crippen LogP contribution is -2.31. The van der Waals surface area contributed by atoms with Gasteiger partial charge in [-0.3, -0.25) is 48.5 Å². The minimum absolute atomic E-state index is 0.0657. The van der Waals surface area contributed by atoms with Crippen molar-refractivity contribution >= 4 is 75.1 Å². The maximum Gasteiger partial charge on any atom is 0.277 e. The van der Waals surface area contributed by atoms with Crippen LogP contribution < -0.4 is 42.6 Å². The summed E-state index contributed by atoms with van der Waals surface area (Å²) >= 11 is 6.55. The van der Waals surface area contributed by atoms with Crippen molar-refractivity contribution in [1.29, 1.82) is 0 Å². The summed E-state index contributed by atoms with van der Waals surface area (Å²) < 4.78 is 18.9. The van der Waals surface area contributed by atoms with Crippen LogP contribution in [-0.4, -0.2) is 94.5 Å². The Bertz CT molecular complexity index is 2800. The molecule has 1 atom stereocenters. The van der Waals surface area contributed by atoms with Crippen LogP contribution in [0.2, 0.25) is 5.02 Å². The summed E-state index contributed by atoms with van der Waals surface area (Å²) in [4.78, 5) is 73.5. The number of carbonyl (C=O) groups excluding carboxylic acids is 5. The number of hydrogen-bond donors (Lipinski definition) is 6. The normalized spacial score (nSPS) is 13.4. The summed E-state index contributed by atoms with van der Waals surface area (Å²) in [6.07, 6.45) is 4.04. The van der Waals surface area contributed by atoms with E-state index in [1.807, 2.05) is 26.0 Å². The number of anilines is 2. The number of primary amides is 2. The third kappa shape index (κ3) is 8.39. The summed E-state index contributed by atoms with van der Waals surface area (Å²) in [5.74, 6) is -1.90. The third-order valence-corrected chi connectivity index (χ3v) is 10.5. The average molecular weight is 869 g/mol. The molecule has 1 aliphatic heterocycles. The standard InChI is InChI=1S/C40H45ClN14O7/c1-5-53-27(13-20(3)50-53)37(59)48-40-47-26-15-23(36(44)58)17-29-33(26)55(40)24(19-62-29)9-7-11-52-32-25(46-39(52)49-38(60)34-31(41)21(4)51-54(34)6-2)14-22(35(43)57)16-28(32)61-12-8-10-45-30(56)18-42/h7,9,13-17,24H,5-6,8,10-12,18-19,42H2,1-4H3,(H2,43,57)(H2,44,58)(H,45,56)(H,46,49,60)(H,47,48,59)/b9-7+/t24-/m0/s1. The molecule has 0 unspecified atom stereocenters. The van der Waals surface area contributed by atoms with Crippen LogP contribution in [0.3, 0.4) is 0 Å². The van der Waals surface area contributed by atoms with Gasteiger partial charge in [0, 0.05) is 37.3 Å². The van der Waals surface area contributed by atoms with Crippen molar-refractivity contribution in [2.75, 3.05) is 36.9 Å². The first-order valence-electron chi connectivity index (χ1n) is 19.7. The van der Waals surface area contributed by atoms with Gasteiger partial charge in [-0.05, 0) is 64.4 Å². The van der Waals surface area contributed by atoms with Gasteiger partial charge in [-0.1, -0.05) is 23.8 Å². The molecule has 5 heterocycles. The zero-order valence-corrected chi connectivity index (χ0v) is 35.1. The number of nitrogens with one attached hydrogen (secondary N) is 3. The Morgan fingerprint density at radius 1 is 0.903 bits per heavy atom. The first kappa shape index (κ1) is 42.8. The molecule has 0 spiro atoms. The molecule has 62 heavy (non-hydrogen) atoms. The molecule has 324 valence electrons. The van der Waals surface area contributed by atoms with Crippen molar-refractivity contribution in [2.45, 2.75) is 59.8 Å². The molecule has 7 rings (SSSR count). The highest BCUT2D eigenvalue weighted by atomic mass is 35.5. The quantitative estimate of drug-likeness (QED) is 0.0570. The average Bonchev–Trinajstić information content (AvgIpc) is 3.99. The number of allylic oxidation sites excluding steroid dienone is 1. The van der Waals surface area contributed by atoms with Crippen LogP contribution in [0.1, 0.15) is 79.4 Å². The molecule has 0 saturated carbocycles. The molecule has 1 aliphatic rings. The van der Waals surface area contributed by atoms with E-state index >= 15 is 0 Å². The monoisotopic (exact) mass is 868 g/mol. The molecule has 0 saturated heterocycles. The molecule has 2 aromatic carbocycles. The first-order chi connectivity index (χ1) is 29.7. The highest BCUT2D eigenvalue weighted by Gasteiger charge is 2.29. The summed E-state index contributed by atoms with van der Waals surface area (Å²) in [6, 6.07) is 7.15. The van der Waals surface area contributed by atoms with Crippen molar-refractivity contribution in [2.24, 2.45) is 17.2 Å². The molecule has 5 amide bonds. The van der Waals surface area contributed by atoms with E-state index in [0.717, 1.165) is 0 Å². The number of amides is 5. The number of halogens is 1. The Morgan fingerprint density at radius 2 is 1.58 bits per heavy atom. The van der Waals surface area contributed by atoms with Crippen LogP contribution in [-0.2, 0) is 24.4 Å². The van der Waals surface area contributed by atoms with Gasteiger partial charge in [0.25, 0.3) is 11.8 Å². The summed E-state index contributed by atoms with van der Waals surface area (Å²) in [5.41, 5.74) is 20.2. The molecule has 0 fully saturated rings. The lowest BCUT2D eigenvalue weighted by Gasteiger charge is -2.25. The van der Waals surface area contributed by atoms with Gasteiger partial charge in [0.15, 0.2) is 0 Å². The van der Waals surface area contributed by atoms with Crippen molar-refractivity contribution in [3.8, 4) is 11.5 Å². The minimum atomic E-state index is -0.731. The fraction of sp³-hybridized carbons (Fsp3) is 0.325. The molecule has 21 nitrogen and oxygen atoms in total. The smallest absolute Gasteiger partial charge is 0.277 e. The Morgan fingerprint density at radius 3 is 2.27 bits per heavy atom. The van der Waals surface area contributed by atoms with E-state index in [1.165, 1.54) is 28.9 Å². The molecule has 0 bridgehead atoms. The van der Waals surface area contributed by atoms with Gasteiger partial charge in [0.05, 0.1) is 46.6 Å². The maximum atomic E-state index is 13.9. The van der Waals surface area contributed by atoms with E-state index in [9.17, 15) is 24.0 Å². The number of rotatable bonds is 17. The predicted octanol–water partition coefficient (Wildman–Crippen LogP) is 2.83. The molecule has 0 aliphatic carbocycles. The van der Waals surface area contributed by atoms with Crippen LogP contribution >= 0.6 is 11.6 Å².